The van der Waals surface area contributed by atoms with Crippen LogP contribution >= 0.6 is 0 Å². The Balaban J connectivity index is 1.69. The molecular weight excluding hydrogens is 212 g/mol. The first-order chi connectivity index (χ1) is 7.75. The normalized spacial score (nSPS) is 15.9. The molecule has 4 heteroatoms. The zero-order chi connectivity index (χ0) is 11.4. The molecule has 0 radical (unpaired) electrons. The van der Waals surface area contributed by atoms with Crippen molar-refractivity contribution >= 4 is 0 Å². The van der Waals surface area contributed by atoms with Gasteiger partial charge in [0.1, 0.15) is 12.4 Å². The van der Waals surface area contributed by atoms with E-state index in [2.05, 4.69) is 5.32 Å². The molecule has 2 rings (SSSR count). The number of rotatable bonds is 5. The lowest BCUT2D eigenvalue weighted by atomic mass is 9.93. The molecule has 0 aliphatic heterocycles. The predicted octanol–water partition coefficient (Wildman–Crippen LogP) is 2.49. The SMILES string of the molecule is Fc1ccc(OCCNC2CCC2)cc1F. The molecule has 2 nitrogen and oxygen atoms in total. The van der Waals surface area contributed by atoms with E-state index in [4.69, 9.17) is 4.74 Å². The van der Waals surface area contributed by atoms with Crippen LogP contribution < -0.4 is 10.1 Å². The highest BCUT2D eigenvalue weighted by atomic mass is 19.2. The number of hydrogen-bond acceptors (Lipinski definition) is 2. The fraction of sp³-hybridized carbons (Fsp3) is 0.500. The highest BCUT2D eigenvalue weighted by molar-refractivity contribution is 5.23. The summed E-state index contributed by atoms with van der Waals surface area (Å²) < 4.78 is 30.7. The Labute approximate surface area is 93.6 Å². The fourth-order valence-corrected chi connectivity index (χ4v) is 1.61. The van der Waals surface area contributed by atoms with Gasteiger partial charge in [-0.1, -0.05) is 6.42 Å². The lowest BCUT2D eigenvalue weighted by Crippen LogP contribution is -2.37. The Morgan fingerprint density at radius 3 is 2.69 bits per heavy atom. The van der Waals surface area contributed by atoms with Gasteiger partial charge in [-0.2, -0.15) is 0 Å². The van der Waals surface area contributed by atoms with Crippen LogP contribution in [-0.4, -0.2) is 19.2 Å². The van der Waals surface area contributed by atoms with Crippen molar-refractivity contribution in [3.63, 3.8) is 0 Å². The minimum atomic E-state index is -0.871. The van der Waals surface area contributed by atoms with E-state index in [9.17, 15) is 8.78 Å². The summed E-state index contributed by atoms with van der Waals surface area (Å²) in [5.41, 5.74) is 0. The molecule has 1 aromatic rings. The van der Waals surface area contributed by atoms with Gasteiger partial charge >= 0.3 is 0 Å². The van der Waals surface area contributed by atoms with Gasteiger partial charge in [0.15, 0.2) is 11.6 Å². The molecule has 0 spiro atoms. The molecule has 1 aromatic carbocycles. The van der Waals surface area contributed by atoms with Gasteiger partial charge in [-0.3, -0.25) is 0 Å². The lowest BCUT2D eigenvalue weighted by molar-refractivity contribution is 0.274. The Kier molecular flexibility index (Phi) is 3.72. The van der Waals surface area contributed by atoms with Crippen molar-refractivity contribution < 1.29 is 13.5 Å². The minimum Gasteiger partial charge on any atom is -0.492 e. The van der Waals surface area contributed by atoms with Gasteiger partial charge < -0.3 is 10.1 Å². The second-order valence-corrected chi connectivity index (χ2v) is 4.01. The first-order valence-corrected chi connectivity index (χ1v) is 5.57. The maximum atomic E-state index is 12.8. The molecule has 0 heterocycles. The third kappa shape index (κ3) is 2.92. The third-order valence-electron chi connectivity index (χ3n) is 2.80. The Hall–Kier alpha value is -1.16. The van der Waals surface area contributed by atoms with Crippen molar-refractivity contribution in [2.45, 2.75) is 25.3 Å². The molecule has 1 N–H and O–H groups in total. The van der Waals surface area contributed by atoms with E-state index in [1.54, 1.807) is 0 Å². The molecule has 1 saturated carbocycles. The van der Waals surface area contributed by atoms with Crippen LogP contribution in [0.5, 0.6) is 5.75 Å². The quantitative estimate of drug-likeness (QED) is 0.780. The van der Waals surface area contributed by atoms with Crippen LogP contribution in [0.15, 0.2) is 18.2 Å². The zero-order valence-corrected chi connectivity index (χ0v) is 9.01. The van der Waals surface area contributed by atoms with Crippen molar-refractivity contribution in [2.75, 3.05) is 13.2 Å². The monoisotopic (exact) mass is 227 g/mol. The molecule has 88 valence electrons. The van der Waals surface area contributed by atoms with Crippen LogP contribution in [-0.2, 0) is 0 Å². The Morgan fingerprint density at radius 2 is 2.06 bits per heavy atom. The van der Waals surface area contributed by atoms with Crippen LogP contribution in [0, 0.1) is 11.6 Å². The van der Waals surface area contributed by atoms with Crippen LogP contribution in [0.25, 0.3) is 0 Å². The van der Waals surface area contributed by atoms with Crippen molar-refractivity contribution in [2.24, 2.45) is 0 Å². The van der Waals surface area contributed by atoms with Crippen LogP contribution in [0.1, 0.15) is 19.3 Å². The molecule has 0 unspecified atom stereocenters. The topological polar surface area (TPSA) is 21.3 Å². The first-order valence-electron chi connectivity index (χ1n) is 5.57. The Morgan fingerprint density at radius 1 is 1.25 bits per heavy atom. The molecule has 0 aromatic heterocycles. The van der Waals surface area contributed by atoms with Crippen molar-refractivity contribution in [1.29, 1.82) is 0 Å². The van der Waals surface area contributed by atoms with Gasteiger partial charge in [0, 0.05) is 18.7 Å². The predicted molar refractivity (Wildman–Crippen MR) is 57.5 cm³/mol. The molecule has 16 heavy (non-hydrogen) atoms. The number of benzene rings is 1. The van der Waals surface area contributed by atoms with Gasteiger partial charge in [0.25, 0.3) is 0 Å². The van der Waals surface area contributed by atoms with E-state index in [-0.39, 0.29) is 0 Å². The number of ether oxygens (including phenoxy) is 1. The summed E-state index contributed by atoms with van der Waals surface area (Å²) >= 11 is 0. The maximum Gasteiger partial charge on any atom is 0.162 e. The van der Waals surface area contributed by atoms with Crippen molar-refractivity contribution in [3.05, 3.63) is 29.8 Å². The average molecular weight is 227 g/mol. The summed E-state index contributed by atoms with van der Waals surface area (Å²) in [7, 11) is 0. The number of halogens is 2. The molecular formula is C12H15F2NO. The van der Waals surface area contributed by atoms with Crippen LogP contribution in [0.3, 0.4) is 0 Å². The van der Waals surface area contributed by atoms with Crippen LogP contribution in [0.2, 0.25) is 0 Å². The van der Waals surface area contributed by atoms with E-state index in [0.717, 1.165) is 18.7 Å². The lowest BCUT2D eigenvalue weighted by Gasteiger charge is -2.26. The summed E-state index contributed by atoms with van der Waals surface area (Å²) in [5, 5.41) is 3.32. The zero-order valence-electron chi connectivity index (χ0n) is 9.01. The second-order valence-electron chi connectivity index (χ2n) is 4.01. The van der Waals surface area contributed by atoms with E-state index < -0.39 is 11.6 Å². The largest absolute Gasteiger partial charge is 0.492 e. The number of nitrogens with one attached hydrogen (secondary N) is 1. The van der Waals surface area contributed by atoms with Gasteiger partial charge in [-0.05, 0) is 25.0 Å². The summed E-state index contributed by atoms with van der Waals surface area (Å²) in [4.78, 5) is 0. The molecule has 0 atom stereocenters. The van der Waals surface area contributed by atoms with Crippen molar-refractivity contribution in [3.8, 4) is 5.75 Å². The van der Waals surface area contributed by atoms with Gasteiger partial charge in [0.05, 0.1) is 0 Å². The smallest absolute Gasteiger partial charge is 0.162 e. The Bertz CT molecular complexity index is 353. The van der Waals surface area contributed by atoms with E-state index in [1.807, 2.05) is 0 Å². The third-order valence-corrected chi connectivity index (χ3v) is 2.80. The maximum absolute atomic E-state index is 12.8. The van der Waals surface area contributed by atoms with E-state index >= 15 is 0 Å². The van der Waals surface area contributed by atoms with Gasteiger partial charge in [-0.15, -0.1) is 0 Å². The highest BCUT2D eigenvalue weighted by Gasteiger charge is 2.15. The first kappa shape index (κ1) is 11.3. The fourth-order valence-electron chi connectivity index (χ4n) is 1.61. The number of hydrogen-bond donors (Lipinski definition) is 1. The van der Waals surface area contributed by atoms with Gasteiger partial charge in [0.2, 0.25) is 0 Å². The van der Waals surface area contributed by atoms with Gasteiger partial charge in [-0.25, -0.2) is 8.78 Å². The van der Waals surface area contributed by atoms with E-state index in [1.165, 1.54) is 25.3 Å². The minimum absolute atomic E-state index is 0.370. The standard InChI is InChI=1S/C12H15F2NO/c13-11-5-4-10(8-12(11)14)16-7-6-15-9-2-1-3-9/h4-5,8-9,15H,1-3,6-7H2. The molecule has 1 aliphatic rings. The molecule has 0 saturated heterocycles. The molecule has 1 aliphatic carbocycles. The average Bonchev–Trinajstić information content (AvgIpc) is 2.20. The summed E-state index contributed by atoms with van der Waals surface area (Å²) in [5.74, 6) is -1.35. The van der Waals surface area contributed by atoms with Crippen LogP contribution in [0.4, 0.5) is 8.78 Å². The highest BCUT2D eigenvalue weighted by Crippen LogP contribution is 2.18. The summed E-state index contributed by atoms with van der Waals surface area (Å²) in [6.45, 7) is 1.21. The molecule has 0 bridgehead atoms. The molecule has 0 amide bonds. The molecule has 1 fully saturated rings. The summed E-state index contributed by atoms with van der Waals surface area (Å²) in [6, 6.07) is 4.19. The second kappa shape index (κ2) is 5.25. The van der Waals surface area contributed by atoms with E-state index in [0.29, 0.717) is 18.4 Å². The van der Waals surface area contributed by atoms with Crippen molar-refractivity contribution in [1.82, 2.24) is 5.32 Å². The summed E-state index contributed by atoms with van der Waals surface area (Å²) in [6.07, 6.45) is 3.75.